The van der Waals surface area contributed by atoms with Gasteiger partial charge in [-0.15, -0.1) is 0 Å². The highest BCUT2D eigenvalue weighted by molar-refractivity contribution is 6.05. The maximum Gasteiger partial charge on any atom is 0.340 e. The van der Waals surface area contributed by atoms with Crippen molar-refractivity contribution >= 4 is 23.3 Å². The van der Waals surface area contributed by atoms with Crippen LogP contribution in [-0.4, -0.2) is 30.3 Å². The highest BCUT2D eigenvalue weighted by Crippen LogP contribution is 2.26. The van der Waals surface area contributed by atoms with Crippen molar-refractivity contribution < 1.29 is 19.1 Å². The van der Waals surface area contributed by atoms with E-state index in [1.165, 1.54) is 0 Å². The molecule has 1 atom stereocenters. The molecule has 0 N–H and O–H groups in total. The molecule has 0 unspecified atom stereocenters. The number of ether oxygens (including phenoxy) is 1. The molecule has 0 bridgehead atoms. The summed E-state index contributed by atoms with van der Waals surface area (Å²) in [5, 5.41) is 0. The summed E-state index contributed by atoms with van der Waals surface area (Å²) in [5.74, 6) is -0.854. The first-order chi connectivity index (χ1) is 13.0. The number of aryl methyl sites for hydroxylation is 1. The SMILES string of the molecule is CCc1ccc(C(=O)[C@@H](C)OC(=O)c2ccccc2N2CCCC2=O)cc1. The van der Waals surface area contributed by atoms with E-state index in [1.54, 1.807) is 48.2 Å². The summed E-state index contributed by atoms with van der Waals surface area (Å²) in [7, 11) is 0. The number of nitrogens with zero attached hydrogens (tertiary/aromatic N) is 1. The summed E-state index contributed by atoms with van der Waals surface area (Å²) < 4.78 is 5.42. The normalized spacial score (nSPS) is 14.9. The van der Waals surface area contributed by atoms with Crippen molar-refractivity contribution in [2.75, 3.05) is 11.4 Å². The van der Waals surface area contributed by atoms with E-state index in [1.807, 2.05) is 19.1 Å². The van der Waals surface area contributed by atoms with Crippen molar-refractivity contribution in [2.45, 2.75) is 39.2 Å². The summed E-state index contributed by atoms with van der Waals surface area (Å²) in [4.78, 5) is 38.9. The molecule has 0 spiro atoms. The minimum Gasteiger partial charge on any atom is -0.451 e. The number of amides is 1. The van der Waals surface area contributed by atoms with Crippen LogP contribution in [-0.2, 0) is 16.0 Å². The van der Waals surface area contributed by atoms with Crippen LogP contribution in [0.2, 0.25) is 0 Å². The molecule has 1 aliphatic heterocycles. The Kier molecular flexibility index (Phi) is 5.69. The van der Waals surface area contributed by atoms with Crippen LogP contribution in [0.5, 0.6) is 0 Å². The molecule has 27 heavy (non-hydrogen) atoms. The predicted octanol–water partition coefficient (Wildman–Crippen LogP) is 3.80. The minimum atomic E-state index is -0.910. The maximum absolute atomic E-state index is 12.7. The number of anilines is 1. The van der Waals surface area contributed by atoms with Crippen molar-refractivity contribution in [3.63, 3.8) is 0 Å². The van der Waals surface area contributed by atoms with Gasteiger partial charge in [0.05, 0.1) is 11.3 Å². The summed E-state index contributed by atoms with van der Waals surface area (Å²) >= 11 is 0. The summed E-state index contributed by atoms with van der Waals surface area (Å²) in [6.07, 6.45) is 1.23. The zero-order valence-electron chi connectivity index (χ0n) is 15.6. The molecule has 1 amide bonds. The number of hydrogen-bond acceptors (Lipinski definition) is 4. The minimum absolute atomic E-state index is 0.00427. The van der Waals surface area contributed by atoms with E-state index in [-0.39, 0.29) is 11.7 Å². The lowest BCUT2D eigenvalue weighted by Crippen LogP contribution is -2.28. The van der Waals surface area contributed by atoms with Gasteiger partial charge in [0.1, 0.15) is 0 Å². The van der Waals surface area contributed by atoms with E-state index >= 15 is 0 Å². The average Bonchev–Trinajstić information content (AvgIpc) is 3.13. The topological polar surface area (TPSA) is 63.7 Å². The predicted molar refractivity (Wildman–Crippen MR) is 103 cm³/mol. The van der Waals surface area contributed by atoms with Crippen LogP contribution < -0.4 is 4.90 Å². The molecular formula is C22H23NO4. The van der Waals surface area contributed by atoms with Gasteiger partial charge in [0, 0.05) is 18.5 Å². The summed E-state index contributed by atoms with van der Waals surface area (Å²) in [6.45, 7) is 4.20. The van der Waals surface area contributed by atoms with Crippen LogP contribution >= 0.6 is 0 Å². The van der Waals surface area contributed by atoms with Gasteiger partial charge < -0.3 is 9.64 Å². The Morgan fingerprint density at radius 3 is 2.44 bits per heavy atom. The number of Topliss-reactive ketones (excluding diaryl/α,β-unsaturated/α-hetero) is 1. The van der Waals surface area contributed by atoms with Crippen molar-refractivity contribution in [3.8, 4) is 0 Å². The third-order valence-corrected chi connectivity index (χ3v) is 4.79. The molecule has 1 fully saturated rings. The molecule has 140 valence electrons. The number of hydrogen-bond donors (Lipinski definition) is 0. The van der Waals surface area contributed by atoms with Crippen LogP contribution in [0.1, 0.15) is 53.0 Å². The number of esters is 1. The number of carbonyl (C=O) groups excluding carboxylic acids is 3. The number of carbonyl (C=O) groups is 3. The molecule has 0 radical (unpaired) electrons. The lowest BCUT2D eigenvalue weighted by atomic mass is 10.0. The second-order valence-electron chi connectivity index (χ2n) is 6.63. The molecule has 3 rings (SSSR count). The standard InChI is InChI=1S/C22H23NO4/c1-3-16-10-12-17(13-11-16)21(25)15(2)27-22(26)18-7-4-5-8-19(18)23-14-6-9-20(23)24/h4-5,7-8,10-13,15H,3,6,9,14H2,1-2H3/t15-/m1/s1. The van der Waals surface area contributed by atoms with Gasteiger partial charge in [-0.1, -0.05) is 43.3 Å². The van der Waals surface area contributed by atoms with Gasteiger partial charge >= 0.3 is 5.97 Å². The van der Waals surface area contributed by atoms with E-state index < -0.39 is 12.1 Å². The Bertz CT molecular complexity index is 857. The van der Waals surface area contributed by atoms with Gasteiger partial charge in [-0.05, 0) is 37.5 Å². The monoisotopic (exact) mass is 365 g/mol. The van der Waals surface area contributed by atoms with Crippen molar-refractivity contribution in [1.29, 1.82) is 0 Å². The molecule has 0 saturated carbocycles. The second kappa shape index (κ2) is 8.16. The van der Waals surface area contributed by atoms with Crippen LogP contribution in [0.3, 0.4) is 0 Å². The van der Waals surface area contributed by atoms with Gasteiger partial charge in [0.15, 0.2) is 6.10 Å². The second-order valence-corrected chi connectivity index (χ2v) is 6.63. The Morgan fingerprint density at radius 2 is 1.81 bits per heavy atom. The van der Waals surface area contributed by atoms with Crippen molar-refractivity contribution in [2.24, 2.45) is 0 Å². The van der Waals surface area contributed by atoms with Crippen LogP contribution in [0.15, 0.2) is 48.5 Å². The highest BCUT2D eigenvalue weighted by atomic mass is 16.5. The Balaban J connectivity index is 1.75. The van der Waals surface area contributed by atoms with Crippen LogP contribution in [0.4, 0.5) is 5.69 Å². The van der Waals surface area contributed by atoms with E-state index in [4.69, 9.17) is 4.74 Å². The van der Waals surface area contributed by atoms with Gasteiger partial charge in [-0.2, -0.15) is 0 Å². The molecule has 0 aromatic heterocycles. The molecule has 2 aromatic rings. The summed E-state index contributed by atoms with van der Waals surface area (Å²) in [6, 6.07) is 14.2. The third-order valence-electron chi connectivity index (χ3n) is 4.79. The zero-order chi connectivity index (χ0) is 19.4. The lowest BCUT2D eigenvalue weighted by molar-refractivity contribution is -0.117. The van der Waals surface area contributed by atoms with E-state index in [2.05, 4.69) is 0 Å². The average molecular weight is 365 g/mol. The first-order valence-corrected chi connectivity index (χ1v) is 9.24. The molecule has 1 heterocycles. The molecular weight excluding hydrogens is 342 g/mol. The van der Waals surface area contributed by atoms with Gasteiger partial charge in [-0.3, -0.25) is 9.59 Å². The Labute approximate surface area is 158 Å². The Morgan fingerprint density at radius 1 is 1.11 bits per heavy atom. The fraction of sp³-hybridized carbons (Fsp3) is 0.318. The number of para-hydroxylation sites is 1. The molecule has 5 nitrogen and oxygen atoms in total. The molecule has 0 aliphatic carbocycles. The Hall–Kier alpha value is -2.95. The van der Waals surface area contributed by atoms with E-state index in [9.17, 15) is 14.4 Å². The number of benzene rings is 2. The summed E-state index contributed by atoms with van der Waals surface area (Å²) in [5.41, 5.74) is 2.49. The molecule has 1 saturated heterocycles. The highest BCUT2D eigenvalue weighted by Gasteiger charge is 2.27. The van der Waals surface area contributed by atoms with Gasteiger partial charge in [0.2, 0.25) is 11.7 Å². The van der Waals surface area contributed by atoms with Crippen molar-refractivity contribution in [3.05, 3.63) is 65.2 Å². The number of ketones is 1. The largest absolute Gasteiger partial charge is 0.451 e. The van der Waals surface area contributed by atoms with Crippen molar-refractivity contribution in [1.82, 2.24) is 0 Å². The maximum atomic E-state index is 12.7. The van der Waals surface area contributed by atoms with Gasteiger partial charge in [0.25, 0.3) is 0 Å². The first-order valence-electron chi connectivity index (χ1n) is 9.24. The number of rotatable bonds is 6. The van der Waals surface area contributed by atoms with E-state index in [0.29, 0.717) is 29.8 Å². The fourth-order valence-electron chi connectivity index (χ4n) is 3.20. The van der Waals surface area contributed by atoms with Crippen LogP contribution in [0, 0.1) is 0 Å². The third kappa shape index (κ3) is 4.08. The van der Waals surface area contributed by atoms with E-state index in [0.717, 1.165) is 18.4 Å². The fourth-order valence-corrected chi connectivity index (χ4v) is 3.20. The lowest BCUT2D eigenvalue weighted by Gasteiger charge is -2.20. The molecule has 1 aliphatic rings. The molecule has 5 heteroatoms. The quantitative estimate of drug-likeness (QED) is 0.577. The first kappa shape index (κ1) is 18.8. The van der Waals surface area contributed by atoms with Gasteiger partial charge in [-0.25, -0.2) is 4.79 Å². The van der Waals surface area contributed by atoms with Crippen LogP contribution in [0.25, 0.3) is 0 Å². The zero-order valence-corrected chi connectivity index (χ0v) is 15.6. The molecule has 2 aromatic carbocycles. The smallest absolute Gasteiger partial charge is 0.340 e.